The number of rotatable bonds is 3. The topological polar surface area (TPSA) is 46.9 Å². The molecule has 2 heterocycles. The number of alkyl halides is 2. The van der Waals surface area contributed by atoms with Gasteiger partial charge in [-0.25, -0.2) is 4.98 Å². The molecule has 26 heavy (non-hydrogen) atoms. The van der Waals surface area contributed by atoms with Gasteiger partial charge in [-0.05, 0) is 36.4 Å². The molecule has 2 aromatic heterocycles. The Morgan fingerprint density at radius 3 is 2.69 bits per heavy atom. The van der Waals surface area contributed by atoms with E-state index < -0.39 is 12.5 Å². The maximum atomic E-state index is 13.3. The summed E-state index contributed by atoms with van der Waals surface area (Å²) in [6.07, 6.45) is 3.65. The summed E-state index contributed by atoms with van der Waals surface area (Å²) >= 11 is 5.83. The number of anilines is 1. The molecule has 1 N–H and O–H groups in total. The molecule has 0 fully saturated rings. The van der Waals surface area contributed by atoms with Crippen LogP contribution < -0.4 is 5.32 Å². The number of carbonyl (C=O) groups is 1. The molecule has 1 amide bonds. The average molecular weight is 372 g/mol. The smallest absolute Gasteiger partial charge is 0.320 e. The predicted molar refractivity (Wildman–Crippen MR) is 97.2 cm³/mol. The van der Waals surface area contributed by atoms with Crippen LogP contribution in [0, 0.1) is 11.8 Å². The SMILES string of the molecule is C=CC(=O)Nc1cnc2c(c1)c(C#Cc1ccc(Cl)cc1)cn2C(F)F. The minimum atomic E-state index is -2.76. The Kier molecular flexibility index (Phi) is 5.01. The summed E-state index contributed by atoms with van der Waals surface area (Å²) < 4.78 is 27.3. The Morgan fingerprint density at radius 2 is 2.04 bits per heavy atom. The van der Waals surface area contributed by atoms with E-state index in [2.05, 4.69) is 28.7 Å². The van der Waals surface area contributed by atoms with E-state index in [0.717, 1.165) is 10.6 Å². The van der Waals surface area contributed by atoms with Crippen LogP contribution in [-0.4, -0.2) is 15.5 Å². The summed E-state index contributed by atoms with van der Waals surface area (Å²) in [6.45, 7) is 0.606. The highest BCUT2D eigenvalue weighted by Crippen LogP contribution is 2.26. The van der Waals surface area contributed by atoms with Crippen molar-refractivity contribution in [3.05, 3.63) is 71.5 Å². The summed E-state index contributed by atoms with van der Waals surface area (Å²) in [5.74, 6) is 5.36. The summed E-state index contributed by atoms with van der Waals surface area (Å²) in [5, 5.41) is 3.54. The zero-order valence-electron chi connectivity index (χ0n) is 13.3. The van der Waals surface area contributed by atoms with Gasteiger partial charge in [0, 0.05) is 22.2 Å². The Morgan fingerprint density at radius 1 is 1.31 bits per heavy atom. The lowest BCUT2D eigenvalue weighted by molar-refractivity contribution is -0.111. The monoisotopic (exact) mass is 371 g/mol. The molecule has 0 radical (unpaired) electrons. The van der Waals surface area contributed by atoms with Crippen molar-refractivity contribution in [3.8, 4) is 11.8 Å². The number of hydrogen-bond donors (Lipinski definition) is 1. The van der Waals surface area contributed by atoms with E-state index in [1.54, 1.807) is 30.3 Å². The largest absolute Gasteiger partial charge is 0.321 e. The lowest BCUT2D eigenvalue weighted by Crippen LogP contribution is -2.07. The van der Waals surface area contributed by atoms with Crippen LogP contribution in [0.1, 0.15) is 17.7 Å². The number of benzene rings is 1. The van der Waals surface area contributed by atoms with Gasteiger partial charge in [-0.2, -0.15) is 8.78 Å². The van der Waals surface area contributed by atoms with Crippen LogP contribution in [0.4, 0.5) is 14.5 Å². The first-order valence-electron chi connectivity index (χ1n) is 7.47. The van der Waals surface area contributed by atoms with Crippen LogP contribution in [0.15, 0.2) is 55.4 Å². The van der Waals surface area contributed by atoms with Gasteiger partial charge in [0.25, 0.3) is 0 Å². The zero-order chi connectivity index (χ0) is 18.7. The number of nitrogens with one attached hydrogen (secondary N) is 1. The third-order valence-electron chi connectivity index (χ3n) is 3.52. The number of aromatic nitrogens is 2. The van der Waals surface area contributed by atoms with E-state index in [1.165, 1.54) is 12.4 Å². The lowest BCUT2D eigenvalue weighted by Gasteiger charge is -2.04. The molecular weight excluding hydrogens is 360 g/mol. The van der Waals surface area contributed by atoms with E-state index in [-0.39, 0.29) is 5.65 Å². The molecule has 0 saturated carbocycles. The van der Waals surface area contributed by atoms with Crippen LogP contribution in [0.25, 0.3) is 11.0 Å². The molecule has 130 valence electrons. The van der Waals surface area contributed by atoms with Crippen molar-refractivity contribution in [1.82, 2.24) is 9.55 Å². The van der Waals surface area contributed by atoms with Gasteiger partial charge in [0.1, 0.15) is 5.65 Å². The van der Waals surface area contributed by atoms with E-state index in [0.29, 0.717) is 27.2 Å². The summed E-state index contributed by atoms with van der Waals surface area (Å²) in [4.78, 5) is 15.5. The van der Waals surface area contributed by atoms with Gasteiger partial charge < -0.3 is 5.32 Å². The number of hydrogen-bond acceptors (Lipinski definition) is 2. The van der Waals surface area contributed by atoms with Crippen molar-refractivity contribution in [2.75, 3.05) is 5.32 Å². The Bertz CT molecular complexity index is 1050. The van der Waals surface area contributed by atoms with E-state index in [1.807, 2.05) is 0 Å². The number of halogens is 3. The maximum absolute atomic E-state index is 13.3. The quantitative estimate of drug-likeness (QED) is 0.540. The van der Waals surface area contributed by atoms with Gasteiger partial charge in [0.05, 0.1) is 17.4 Å². The van der Waals surface area contributed by atoms with Gasteiger partial charge in [-0.3, -0.25) is 9.36 Å². The molecule has 0 bridgehead atoms. The standard InChI is InChI=1S/C19H12ClF2N3O/c1-2-17(26)24-15-9-16-13(6-3-12-4-7-14(20)8-5-12)11-25(19(21)22)18(16)23-10-15/h2,4-5,7-11,19H,1H2,(H,24,26). The van der Waals surface area contributed by atoms with E-state index >= 15 is 0 Å². The summed E-state index contributed by atoms with van der Waals surface area (Å²) in [7, 11) is 0. The normalized spacial score (nSPS) is 10.5. The molecule has 0 aliphatic rings. The minimum Gasteiger partial charge on any atom is -0.321 e. The first kappa shape index (κ1) is 17.6. The van der Waals surface area contributed by atoms with Crippen LogP contribution in [0.2, 0.25) is 5.02 Å². The van der Waals surface area contributed by atoms with Crippen molar-refractivity contribution in [2.24, 2.45) is 0 Å². The summed E-state index contributed by atoms with van der Waals surface area (Å²) in [5.41, 5.74) is 1.51. The van der Waals surface area contributed by atoms with Gasteiger partial charge in [-0.15, -0.1) is 0 Å². The molecular formula is C19H12ClF2N3O. The zero-order valence-corrected chi connectivity index (χ0v) is 14.1. The fourth-order valence-corrected chi connectivity index (χ4v) is 2.44. The molecule has 0 atom stereocenters. The van der Waals surface area contributed by atoms with Gasteiger partial charge in [-0.1, -0.05) is 30.0 Å². The summed E-state index contributed by atoms with van der Waals surface area (Å²) in [6, 6.07) is 8.40. The fraction of sp³-hybridized carbons (Fsp3) is 0.0526. The Hall–Kier alpha value is -3.17. The van der Waals surface area contributed by atoms with Crippen LogP contribution in [-0.2, 0) is 4.79 Å². The van der Waals surface area contributed by atoms with E-state index in [9.17, 15) is 13.6 Å². The van der Waals surface area contributed by atoms with Gasteiger partial charge >= 0.3 is 6.55 Å². The highest BCUT2D eigenvalue weighted by atomic mass is 35.5. The average Bonchev–Trinajstić information content (AvgIpc) is 2.99. The Labute approximate surface area is 153 Å². The second-order valence-corrected chi connectivity index (χ2v) is 5.71. The van der Waals surface area contributed by atoms with Crippen LogP contribution in [0.3, 0.4) is 0 Å². The molecule has 7 heteroatoms. The fourth-order valence-electron chi connectivity index (χ4n) is 2.31. The molecule has 0 spiro atoms. The number of fused-ring (bicyclic) bond motifs is 1. The van der Waals surface area contributed by atoms with Gasteiger partial charge in [0.15, 0.2) is 0 Å². The predicted octanol–water partition coefficient (Wildman–Crippen LogP) is 4.61. The maximum Gasteiger partial charge on any atom is 0.320 e. The minimum absolute atomic E-state index is 0.0806. The molecule has 1 aromatic carbocycles. The molecule has 0 saturated heterocycles. The second-order valence-electron chi connectivity index (χ2n) is 5.27. The number of nitrogens with zero attached hydrogens (tertiary/aromatic N) is 2. The number of amides is 1. The third-order valence-corrected chi connectivity index (χ3v) is 3.77. The Balaban J connectivity index is 2.08. The number of pyridine rings is 1. The second kappa shape index (κ2) is 7.38. The van der Waals surface area contributed by atoms with Crippen molar-refractivity contribution < 1.29 is 13.6 Å². The molecule has 0 aliphatic heterocycles. The number of carbonyl (C=O) groups excluding carboxylic acids is 1. The van der Waals surface area contributed by atoms with Crippen molar-refractivity contribution in [1.29, 1.82) is 0 Å². The first-order valence-corrected chi connectivity index (χ1v) is 7.85. The van der Waals surface area contributed by atoms with E-state index in [4.69, 9.17) is 11.6 Å². The third kappa shape index (κ3) is 3.73. The molecule has 3 aromatic rings. The highest BCUT2D eigenvalue weighted by molar-refractivity contribution is 6.30. The van der Waals surface area contributed by atoms with Crippen molar-refractivity contribution >= 4 is 34.2 Å². The molecule has 4 nitrogen and oxygen atoms in total. The molecule has 0 unspecified atom stereocenters. The molecule has 3 rings (SSSR count). The van der Waals surface area contributed by atoms with Crippen LogP contribution in [0.5, 0.6) is 0 Å². The lowest BCUT2D eigenvalue weighted by atomic mass is 10.2. The van der Waals surface area contributed by atoms with Crippen molar-refractivity contribution in [3.63, 3.8) is 0 Å². The first-order chi connectivity index (χ1) is 12.5. The molecule has 0 aliphatic carbocycles. The van der Waals surface area contributed by atoms with Gasteiger partial charge in [0.2, 0.25) is 5.91 Å². The highest BCUT2D eigenvalue weighted by Gasteiger charge is 2.15. The van der Waals surface area contributed by atoms with Crippen LogP contribution >= 0.6 is 11.6 Å². The van der Waals surface area contributed by atoms with Crippen molar-refractivity contribution in [2.45, 2.75) is 6.55 Å².